The van der Waals surface area contributed by atoms with Crippen molar-refractivity contribution in [1.82, 2.24) is 24.6 Å². The fourth-order valence-corrected chi connectivity index (χ4v) is 6.79. The van der Waals surface area contributed by atoms with Gasteiger partial charge in [0.2, 0.25) is 5.91 Å². The smallest absolute Gasteiger partial charge is 0.228 e. The largest absolute Gasteiger partial charge is 0.340 e. The first kappa shape index (κ1) is 15.8. The molecule has 6 nitrogen and oxygen atoms in total. The van der Waals surface area contributed by atoms with E-state index in [-0.39, 0.29) is 11.0 Å². The molecular formula is C19H29N5O. The van der Waals surface area contributed by atoms with Gasteiger partial charge in [0.05, 0.1) is 11.0 Å². The van der Waals surface area contributed by atoms with E-state index < -0.39 is 0 Å². The van der Waals surface area contributed by atoms with E-state index in [1.54, 1.807) is 6.33 Å². The second-order valence-corrected chi connectivity index (χ2v) is 9.03. The number of amides is 1. The van der Waals surface area contributed by atoms with Crippen molar-refractivity contribution in [2.45, 2.75) is 51.0 Å². The zero-order valence-electron chi connectivity index (χ0n) is 15.2. The first-order chi connectivity index (χ1) is 12.1. The summed E-state index contributed by atoms with van der Waals surface area (Å²) in [5.74, 6) is 1.82. The molecule has 6 rings (SSSR count). The SMILES string of the molecule is CCN1CCN(C(=O)C23CC4CC(C2)CC(n2cncn2)(C4)C3)CC1. The second kappa shape index (κ2) is 5.53. The zero-order chi connectivity index (χ0) is 17.1. The third-order valence-electron chi connectivity index (χ3n) is 7.50. The number of aromatic nitrogens is 3. The van der Waals surface area contributed by atoms with Crippen molar-refractivity contribution < 1.29 is 4.79 Å². The first-order valence-electron chi connectivity index (χ1n) is 9.99. The summed E-state index contributed by atoms with van der Waals surface area (Å²) in [4.78, 5) is 22.4. The molecule has 2 heterocycles. The lowest BCUT2D eigenvalue weighted by Crippen LogP contribution is -2.62. The number of nitrogens with zero attached hydrogens (tertiary/aromatic N) is 5. The monoisotopic (exact) mass is 343 g/mol. The van der Waals surface area contributed by atoms with Crippen LogP contribution < -0.4 is 0 Å². The van der Waals surface area contributed by atoms with Crippen LogP contribution in [-0.4, -0.2) is 63.2 Å². The van der Waals surface area contributed by atoms with E-state index in [9.17, 15) is 4.79 Å². The summed E-state index contributed by atoms with van der Waals surface area (Å²) in [6.45, 7) is 7.16. The van der Waals surface area contributed by atoms with Gasteiger partial charge in [-0.25, -0.2) is 9.67 Å². The predicted octanol–water partition coefficient (Wildman–Crippen LogP) is 1.74. The molecule has 4 bridgehead atoms. The Hall–Kier alpha value is -1.43. The van der Waals surface area contributed by atoms with Crippen LogP contribution in [0.2, 0.25) is 0 Å². The Balaban J connectivity index is 1.42. The van der Waals surface area contributed by atoms with E-state index in [1.165, 1.54) is 19.3 Å². The summed E-state index contributed by atoms with van der Waals surface area (Å²) in [6, 6.07) is 0. The zero-order valence-corrected chi connectivity index (χ0v) is 15.2. The lowest BCUT2D eigenvalue weighted by atomic mass is 9.46. The quantitative estimate of drug-likeness (QED) is 0.839. The van der Waals surface area contributed by atoms with Crippen LogP contribution in [-0.2, 0) is 10.3 Å². The highest BCUT2D eigenvalue weighted by atomic mass is 16.2. The van der Waals surface area contributed by atoms with Gasteiger partial charge in [-0.2, -0.15) is 5.10 Å². The number of hydrogen-bond acceptors (Lipinski definition) is 4. The van der Waals surface area contributed by atoms with Crippen LogP contribution in [0.1, 0.15) is 45.4 Å². The molecule has 2 unspecified atom stereocenters. The molecule has 1 aromatic rings. The Morgan fingerprint density at radius 1 is 1.12 bits per heavy atom. The van der Waals surface area contributed by atoms with Crippen LogP contribution in [0.5, 0.6) is 0 Å². The third kappa shape index (κ3) is 2.36. The minimum Gasteiger partial charge on any atom is -0.340 e. The van der Waals surface area contributed by atoms with Crippen LogP contribution in [0.15, 0.2) is 12.7 Å². The Morgan fingerprint density at radius 2 is 1.84 bits per heavy atom. The van der Waals surface area contributed by atoms with E-state index in [0.717, 1.165) is 52.0 Å². The van der Waals surface area contributed by atoms with Crippen molar-refractivity contribution in [3.05, 3.63) is 12.7 Å². The number of hydrogen-bond donors (Lipinski definition) is 0. The van der Waals surface area contributed by atoms with Gasteiger partial charge in [0, 0.05) is 26.2 Å². The van der Waals surface area contributed by atoms with Crippen molar-refractivity contribution in [3.8, 4) is 0 Å². The molecule has 2 atom stereocenters. The van der Waals surface area contributed by atoms with Gasteiger partial charge in [-0.3, -0.25) is 4.79 Å². The molecule has 4 aliphatic carbocycles. The van der Waals surface area contributed by atoms with Gasteiger partial charge in [0.25, 0.3) is 0 Å². The highest BCUT2D eigenvalue weighted by molar-refractivity contribution is 5.83. The van der Waals surface area contributed by atoms with Gasteiger partial charge in [-0.05, 0) is 56.9 Å². The Morgan fingerprint density at radius 3 is 2.44 bits per heavy atom. The number of piperazine rings is 1. The second-order valence-electron chi connectivity index (χ2n) is 9.03. The van der Waals surface area contributed by atoms with Gasteiger partial charge in [-0.15, -0.1) is 0 Å². The Labute approximate surface area is 149 Å². The molecule has 0 N–H and O–H groups in total. The molecule has 0 aromatic carbocycles. The maximum Gasteiger partial charge on any atom is 0.228 e. The number of likely N-dealkylation sites (N-methyl/N-ethyl adjacent to an activating group) is 1. The summed E-state index contributed by atoms with van der Waals surface area (Å²) < 4.78 is 2.10. The average Bonchev–Trinajstić information content (AvgIpc) is 3.16. The Bertz CT molecular complexity index is 635. The Kier molecular flexibility index (Phi) is 3.50. The molecule has 0 radical (unpaired) electrons. The molecule has 25 heavy (non-hydrogen) atoms. The summed E-state index contributed by atoms with van der Waals surface area (Å²) in [7, 11) is 0. The molecule has 1 aliphatic heterocycles. The minimum atomic E-state index is -0.135. The van der Waals surface area contributed by atoms with Crippen molar-refractivity contribution in [1.29, 1.82) is 0 Å². The van der Waals surface area contributed by atoms with Gasteiger partial charge in [-0.1, -0.05) is 6.92 Å². The van der Waals surface area contributed by atoms with E-state index in [2.05, 4.69) is 31.5 Å². The maximum absolute atomic E-state index is 13.6. The summed E-state index contributed by atoms with van der Waals surface area (Å²) in [6.07, 6.45) is 10.4. The molecule has 0 spiro atoms. The van der Waals surface area contributed by atoms with Gasteiger partial charge in [0.15, 0.2) is 0 Å². The number of rotatable bonds is 3. The van der Waals surface area contributed by atoms with Crippen molar-refractivity contribution in [2.24, 2.45) is 17.3 Å². The van der Waals surface area contributed by atoms with Gasteiger partial charge >= 0.3 is 0 Å². The molecule has 1 aromatic heterocycles. The third-order valence-corrected chi connectivity index (χ3v) is 7.50. The molecule has 5 aliphatic rings. The van der Waals surface area contributed by atoms with Crippen LogP contribution >= 0.6 is 0 Å². The average molecular weight is 343 g/mol. The molecule has 5 fully saturated rings. The van der Waals surface area contributed by atoms with Crippen LogP contribution in [0, 0.1) is 17.3 Å². The fourth-order valence-electron chi connectivity index (χ4n) is 6.79. The van der Waals surface area contributed by atoms with Gasteiger partial charge in [0.1, 0.15) is 12.7 Å². The summed E-state index contributed by atoms with van der Waals surface area (Å²) in [5.41, 5.74) is -0.0914. The lowest BCUT2D eigenvalue weighted by Gasteiger charge is -2.61. The minimum absolute atomic E-state index is 0.0431. The topological polar surface area (TPSA) is 54.3 Å². The highest BCUT2D eigenvalue weighted by Crippen LogP contribution is 2.64. The molecule has 6 heteroatoms. The summed E-state index contributed by atoms with van der Waals surface area (Å²) in [5, 5.41) is 4.50. The van der Waals surface area contributed by atoms with Crippen LogP contribution in [0.25, 0.3) is 0 Å². The number of carbonyl (C=O) groups excluding carboxylic acids is 1. The standard InChI is InChI=1S/C19H29N5O/c1-2-22-3-5-23(6-4-22)17(25)18-8-15-7-16(9-18)11-19(10-15,12-18)24-14-20-13-21-24/h13-16H,2-12H2,1H3. The molecule has 1 saturated heterocycles. The lowest BCUT2D eigenvalue weighted by molar-refractivity contribution is -0.168. The van der Waals surface area contributed by atoms with Crippen LogP contribution in [0.4, 0.5) is 0 Å². The normalized spacial score (nSPS) is 40.6. The van der Waals surface area contributed by atoms with Crippen LogP contribution in [0.3, 0.4) is 0 Å². The molecule has 136 valence electrons. The molecule has 4 saturated carbocycles. The van der Waals surface area contributed by atoms with Crippen molar-refractivity contribution >= 4 is 5.91 Å². The van der Waals surface area contributed by atoms with Crippen molar-refractivity contribution in [2.75, 3.05) is 32.7 Å². The van der Waals surface area contributed by atoms with E-state index in [4.69, 9.17) is 0 Å². The highest BCUT2D eigenvalue weighted by Gasteiger charge is 2.62. The van der Waals surface area contributed by atoms with Crippen molar-refractivity contribution in [3.63, 3.8) is 0 Å². The fraction of sp³-hybridized carbons (Fsp3) is 0.842. The predicted molar refractivity (Wildman–Crippen MR) is 93.8 cm³/mol. The van der Waals surface area contributed by atoms with E-state index in [1.807, 2.05) is 6.33 Å². The van der Waals surface area contributed by atoms with E-state index >= 15 is 0 Å². The summed E-state index contributed by atoms with van der Waals surface area (Å²) >= 11 is 0. The van der Waals surface area contributed by atoms with Gasteiger partial charge < -0.3 is 9.80 Å². The number of carbonyl (C=O) groups is 1. The first-order valence-corrected chi connectivity index (χ1v) is 9.99. The maximum atomic E-state index is 13.6. The molecular weight excluding hydrogens is 314 g/mol. The molecule has 1 amide bonds. The van der Waals surface area contributed by atoms with E-state index in [0.29, 0.717) is 17.7 Å².